The molecule has 9 heteroatoms. The van der Waals surface area contributed by atoms with Gasteiger partial charge in [0.05, 0.1) is 23.8 Å². The van der Waals surface area contributed by atoms with Crippen molar-refractivity contribution < 1.29 is 22.5 Å². The quantitative estimate of drug-likeness (QED) is 0.666. The first-order chi connectivity index (χ1) is 10.7. The second-order valence-electron chi connectivity index (χ2n) is 4.68. The summed E-state index contributed by atoms with van der Waals surface area (Å²) in [5.41, 5.74) is 0.0942. The molecule has 0 radical (unpaired) electrons. The van der Waals surface area contributed by atoms with Gasteiger partial charge in [-0.2, -0.15) is 0 Å². The third kappa shape index (κ3) is 3.57. The lowest BCUT2D eigenvalue weighted by Crippen LogP contribution is -2.15. The lowest BCUT2D eigenvalue weighted by Gasteiger charge is -2.12. The number of benzene rings is 2. The fourth-order valence-corrected chi connectivity index (χ4v) is 3.11. The van der Waals surface area contributed by atoms with Crippen LogP contribution in [-0.2, 0) is 10.0 Å². The van der Waals surface area contributed by atoms with Gasteiger partial charge >= 0.3 is 0 Å². The van der Waals surface area contributed by atoms with Gasteiger partial charge in [0.15, 0.2) is 0 Å². The second kappa shape index (κ2) is 6.21. The topological polar surface area (TPSA) is 98.5 Å². The van der Waals surface area contributed by atoms with Crippen molar-refractivity contribution in [2.75, 3.05) is 11.8 Å². The summed E-state index contributed by atoms with van der Waals surface area (Å²) < 4.78 is 45.5. The average molecular weight is 340 g/mol. The molecule has 0 aliphatic carbocycles. The summed E-state index contributed by atoms with van der Waals surface area (Å²) in [6.45, 7) is 1.67. The standard InChI is InChI=1S/C14H13FN2O5S/c1-9-3-5-12(11(15)7-9)16-23(20,21)14-6-4-10(17(18)19)8-13(14)22-2/h3-8,16H,1-2H3. The minimum absolute atomic E-state index is 0.209. The number of anilines is 1. The van der Waals surface area contributed by atoms with Gasteiger partial charge in [-0.05, 0) is 30.7 Å². The number of nitro benzene ring substituents is 1. The van der Waals surface area contributed by atoms with Gasteiger partial charge in [0.25, 0.3) is 15.7 Å². The SMILES string of the molecule is COc1cc([N+](=O)[O-])ccc1S(=O)(=O)Nc1ccc(C)cc1F. The van der Waals surface area contributed by atoms with E-state index in [4.69, 9.17) is 4.74 Å². The predicted octanol–water partition coefficient (Wildman–Crippen LogP) is 2.85. The van der Waals surface area contributed by atoms with E-state index in [0.717, 1.165) is 18.2 Å². The molecular weight excluding hydrogens is 327 g/mol. The maximum Gasteiger partial charge on any atom is 0.273 e. The van der Waals surface area contributed by atoms with E-state index in [1.807, 2.05) is 0 Å². The van der Waals surface area contributed by atoms with E-state index in [-0.39, 0.29) is 22.0 Å². The Morgan fingerprint density at radius 3 is 2.48 bits per heavy atom. The molecular formula is C14H13FN2O5S. The lowest BCUT2D eigenvalue weighted by atomic mass is 10.2. The summed E-state index contributed by atoms with van der Waals surface area (Å²) >= 11 is 0. The lowest BCUT2D eigenvalue weighted by molar-refractivity contribution is -0.385. The van der Waals surface area contributed by atoms with Crippen LogP contribution in [0.15, 0.2) is 41.3 Å². The summed E-state index contributed by atoms with van der Waals surface area (Å²) in [6, 6.07) is 7.08. The molecule has 2 aromatic carbocycles. The fraction of sp³-hybridized carbons (Fsp3) is 0.143. The first-order valence-corrected chi connectivity index (χ1v) is 7.84. The van der Waals surface area contributed by atoms with Gasteiger partial charge < -0.3 is 4.74 Å². The van der Waals surface area contributed by atoms with Crippen LogP contribution in [0.2, 0.25) is 0 Å². The molecule has 0 fully saturated rings. The Balaban J connectivity index is 2.45. The monoisotopic (exact) mass is 340 g/mol. The Morgan fingerprint density at radius 2 is 1.91 bits per heavy atom. The van der Waals surface area contributed by atoms with Crippen molar-refractivity contribution in [3.63, 3.8) is 0 Å². The number of nitrogens with one attached hydrogen (secondary N) is 1. The molecule has 0 amide bonds. The number of non-ortho nitro benzene ring substituents is 1. The van der Waals surface area contributed by atoms with E-state index in [0.29, 0.717) is 5.56 Å². The molecule has 23 heavy (non-hydrogen) atoms. The smallest absolute Gasteiger partial charge is 0.273 e. The molecule has 0 atom stereocenters. The highest BCUT2D eigenvalue weighted by Gasteiger charge is 2.23. The number of ether oxygens (including phenoxy) is 1. The maximum atomic E-state index is 13.8. The Kier molecular flexibility index (Phi) is 4.50. The van der Waals surface area contributed by atoms with Crippen LogP contribution in [0.25, 0.3) is 0 Å². The molecule has 2 aromatic rings. The van der Waals surface area contributed by atoms with Crippen LogP contribution in [0.4, 0.5) is 15.8 Å². The van der Waals surface area contributed by atoms with Crippen LogP contribution < -0.4 is 9.46 Å². The van der Waals surface area contributed by atoms with Gasteiger partial charge in [-0.15, -0.1) is 0 Å². The highest BCUT2D eigenvalue weighted by atomic mass is 32.2. The zero-order chi connectivity index (χ0) is 17.2. The number of hydrogen-bond acceptors (Lipinski definition) is 5. The summed E-state index contributed by atoms with van der Waals surface area (Å²) in [4.78, 5) is 9.73. The number of halogens is 1. The Bertz CT molecular complexity index is 867. The van der Waals surface area contributed by atoms with E-state index in [9.17, 15) is 22.9 Å². The van der Waals surface area contributed by atoms with E-state index >= 15 is 0 Å². The molecule has 1 N–H and O–H groups in total. The summed E-state index contributed by atoms with van der Waals surface area (Å²) in [7, 11) is -2.99. The zero-order valence-electron chi connectivity index (χ0n) is 12.2. The van der Waals surface area contributed by atoms with E-state index in [1.165, 1.54) is 19.2 Å². The second-order valence-corrected chi connectivity index (χ2v) is 6.33. The van der Waals surface area contributed by atoms with Gasteiger partial charge in [0.1, 0.15) is 16.5 Å². The molecule has 0 heterocycles. The molecule has 0 spiro atoms. The van der Waals surface area contributed by atoms with E-state index in [1.54, 1.807) is 13.0 Å². The van der Waals surface area contributed by atoms with Crippen molar-refractivity contribution in [2.45, 2.75) is 11.8 Å². The number of sulfonamides is 1. The number of aryl methyl sites for hydroxylation is 1. The normalized spacial score (nSPS) is 11.1. The van der Waals surface area contributed by atoms with E-state index in [2.05, 4.69) is 4.72 Å². The molecule has 0 aliphatic rings. The maximum absolute atomic E-state index is 13.8. The molecule has 0 aromatic heterocycles. The highest BCUT2D eigenvalue weighted by molar-refractivity contribution is 7.92. The largest absolute Gasteiger partial charge is 0.495 e. The van der Waals surface area contributed by atoms with Crippen molar-refractivity contribution in [2.24, 2.45) is 0 Å². The minimum Gasteiger partial charge on any atom is -0.495 e. The minimum atomic E-state index is -4.17. The summed E-state index contributed by atoms with van der Waals surface area (Å²) in [6.07, 6.45) is 0. The third-order valence-corrected chi connectivity index (χ3v) is 4.42. The number of hydrogen-bond donors (Lipinski definition) is 1. The number of nitrogens with zero attached hydrogens (tertiary/aromatic N) is 1. The molecule has 2 rings (SSSR count). The fourth-order valence-electron chi connectivity index (χ4n) is 1.89. The van der Waals surface area contributed by atoms with Gasteiger partial charge in [-0.1, -0.05) is 6.07 Å². The molecule has 0 saturated carbocycles. The summed E-state index contributed by atoms with van der Waals surface area (Å²) in [5, 5.41) is 10.7. The van der Waals surface area contributed by atoms with Gasteiger partial charge in [-0.25, -0.2) is 12.8 Å². The summed E-state index contributed by atoms with van der Waals surface area (Å²) in [5.74, 6) is -0.936. The molecule has 122 valence electrons. The van der Waals surface area contributed by atoms with Gasteiger partial charge in [-0.3, -0.25) is 14.8 Å². The van der Waals surface area contributed by atoms with Gasteiger partial charge in [0, 0.05) is 6.07 Å². The zero-order valence-corrected chi connectivity index (χ0v) is 13.1. The number of methoxy groups -OCH3 is 1. The van der Waals surface area contributed by atoms with Crippen LogP contribution in [0, 0.1) is 22.9 Å². The Hall–Kier alpha value is -2.68. The van der Waals surface area contributed by atoms with Gasteiger partial charge in [0.2, 0.25) is 0 Å². The first kappa shape index (κ1) is 16.7. The van der Waals surface area contributed by atoms with Crippen molar-refractivity contribution in [1.29, 1.82) is 0 Å². The molecule has 0 bridgehead atoms. The first-order valence-electron chi connectivity index (χ1n) is 6.36. The Labute approximate surface area is 131 Å². The van der Waals surface area contributed by atoms with Crippen LogP contribution in [0.5, 0.6) is 5.75 Å². The van der Waals surface area contributed by atoms with Crippen LogP contribution in [0.3, 0.4) is 0 Å². The van der Waals surface area contributed by atoms with Crippen molar-refractivity contribution in [1.82, 2.24) is 0 Å². The predicted molar refractivity (Wildman–Crippen MR) is 81.6 cm³/mol. The van der Waals surface area contributed by atoms with Crippen LogP contribution in [-0.4, -0.2) is 20.5 Å². The van der Waals surface area contributed by atoms with Crippen molar-refractivity contribution in [3.05, 3.63) is 57.9 Å². The third-order valence-electron chi connectivity index (χ3n) is 3.02. The van der Waals surface area contributed by atoms with Crippen LogP contribution in [0.1, 0.15) is 5.56 Å². The molecule has 0 aliphatic heterocycles. The van der Waals surface area contributed by atoms with Crippen molar-refractivity contribution >= 4 is 21.4 Å². The van der Waals surface area contributed by atoms with E-state index < -0.39 is 20.8 Å². The molecule has 0 unspecified atom stereocenters. The highest BCUT2D eigenvalue weighted by Crippen LogP contribution is 2.30. The van der Waals surface area contributed by atoms with Crippen LogP contribution >= 0.6 is 0 Å². The van der Waals surface area contributed by atoms with Crippen molar-refractivity contribution in [3.8, 4) is 5.75 Å². The average Bonchev–Trinajstić information content (AvgIpc) is 2.49. The number of nitro groups is 1. The number of rotatable bonds is 5. The molecule has 0 saturated heterocycles. The molecule has 7 nitrogen and oxygen atoms in total. The Morgan fingerprint density at radius 1 is 1.22 bits per heavy atom.